The number of amides is 1. The van der Waals surface area contributed by atoms with Crippen molar-refractivity contribution in [2.75, 3.05) is 5.32 Å². The van der Waals surface area contributed by atoms with Gasteiger partial charge in [-0.25, -0.2) is 13.1 Å². The Hall–Kier alpha value is -1.80. The number of carbonyl (C=O) groups excluding carboxylic acids is 1. The number of nitrogens with one attached hydrogen (secondary N) is 2. The van der Waals surface area contributed by atoms with Crippen molar-refractivity contribution in [3.05, 3.63) is 52.5 Å². The van der Waals surface area contributed by atoms with E-state index in [2.05, 4.69) is 10.0 Å². The van der Waals surface area contributed by atoms with E-state index in [0.717, 1.165) is 0 Å². The number of hydrogen-bond acceptors (Lipinski definition) is 4. The summed E-state index contributed by atoms with van der Waals surface area (Å²) < 4.78 is 32.7. The molecule has 0 aliphatic carbocycles. The summed E-state index contributed by atoms with van der Waals surface area (Å²) in [6.07, 6.45) is -0.829. The van der Waals surface area contributed by atoms with Crippen LogP contribution in [0.15, 0.2) is 47.4 Å². The Labute approximate surface area is 175 Å². The molecule has 1 amide bonds. The normalized spacial score (nSPS) is 13.1. The first-order valence-electron chi connectivity index (χ1n) is 8.44. The first-order chi connectivity index (χ1) is 12.9. The van der Waals surface area contributed by atoms with E-state index in [4.69, 9.17) is 27.9 Å². The third-order valence-electron chi connectivity index (χ3n) is 3.44. The molecule has 0 radical (unpaired) electrons. The van der Waals surface area contributed by atoms with Crippen LogP contribution in [0.25, 0.3) is 0 Å². The number of sulfonamides is 1. The van der Waals surface area contributed by atoms with Gasteiger partial charge in [0.05, 0.1) is 9.92 Å². The topological polar surface area (TPSA) is 84.5 Å². The van der Waals surface area contributed by atoms with E-state index < -0.39 is 27.6 Å². The third-order valence-corrected chi connectivity index (χ3v) is 5.74. The monoisotopic (exact) mass is 444 g/mol. The number of rotatable bonds is 6. The van der Waals surface area contributed by atoms with Gasteiger partial charge in [0.15, 0.2) is 6.10 Å². The molecular formula is C19H22Cl2N2O4S. The largest absolute Gasteiger partial charge is 0.479 e. The number of benzene rings is 2. The molecule has 0 fully saturated rings. The minimum Gasteiger partial charge on any atom is -0.479 e. The summed E-state index contributed by atoms with van der Waals surface area (Å²) in [5.41, 5.74) is -0.154. The quantitative estimate of drug-likeness (QED) is 0.687. The van der Waals surface area contributed by atoms with Crippen LogP contribution in [0.1, 0.15) is 27.7 Å². The van der Waals surface area contributed by atoms with Crippen LogP contribution in [-0.2, 0) is 14.8 Å². The minimum absolute atomic E-state index is 0.109. The fourth-order valence-electron chi connectivity index (χ4n) is 2.24. The zero-order chi connectivity index (χ0) is 21.1. The highest BCUT2D eigenvalue weighted by Gasteiger charge is 2.22. The Balaban J connectivity index is 2.04. The van der Waals surface area contributed by atoms with E-state index in [0.29, 0.717) is 21.5 Å². The molecule has 9 heteroatoms. The molecular weight excluding hydrogens is 423 g/mol. The molecule has 2 aromatic carbocycles. The molecule has 0 heterocycles. The predicted molar refractivity (Wildman–Crippen MR) is 112 cm³/mol. The summed E-state index contributed by atoms with van der Waals surface area (Å²) in [6, 6.07) is 10.6. The van der Waals surface area contributed by atoms with Crippen LogP contribution in [-0.4, -0.2) is 26.0 Å². The van der Waals surface area contributed by atoms with Crippen LogP contribution in [0, 0.1) is 0 Å². The smallest absolute Gasteiger partial charge is 0.265 e. The van der Waals surface area contributed by atoms with Crippen LogP contribution in [0.2, 0.25) is 10.0 Å². The number of carbonyl (C=O) groups is 1. The molecule has 0 saturated heterocycles. The van der Waals surface area contributed by atoms with Crippen LogP contribution in [0.4, 0.5) is 5.69 Å². The Morgan fingerprint density at radius 2 is 1.68 bits per heavy atom. The molecule has 0 aromatic heterocycles. The minimum atomic E-state index is -3.64. The lowest BCUT2D eigenvalue weighted by Gasteiger charge is -2.20. The van der Waals surface area contributed by atoms with Gasteiger partial charge in [0.25, 0.3) is 5.91 Å². The number of halogens is 2. The summed E-state index contributed by atoms with van der Waals surface area (Å²) in [6.45, 7) is 6.85. The maximum Gasteiger partial charge on any atom is 0.265 e. The average Bonchev–Trinajstić information content (AvgIpc) is 2.55. The van der Waals surface area contributed by atoms with Gasteiger partial charge in [0.1, 0.15) is 5.75 Å². The molecule has 1 atom stereocenters. The van der Waals surface area contributed by atoms with Crippen LogP contribution >= 0.6 is 23.2 Å². The highest BCUT2D eigenvalue weighted by Crippen LogP contribution is 2.28. The maximum absolute atomic E-state index is 12.3. The highest BCUT2D eigenvalue weighted by atomic mass is 35.5. The van der Waals surface area contributed by atoms with Gasteiger partial charge < -0.3 is 10.1 Å². The van der Waals surface area contributed by atoms with Gasteiger partial charge in [0.2, 0.25) is 10.0 Å². The first-order valence-corrected chi connectivity index (χ1v) is 10.7. The van der Waals surface area contributed by atoms with E-state index in [9.17, 15) is 13.2 Å². The van der Waals surface area contributed by atoms with Gasteiger partial charge in [-0.1, -0.05) is 23.2 Å². The second-order valence-corrected chi connectivity index (χ2v) is 9.73. The van der Waals surface area contributed by atoms with Crippen molar-refractivity contribution in [1.29, 1.82) is 0 Å². The number of hydrogen-bond donors (Lipinski definition) is 2. The lowest BCUT2D eigenvalue weighted by atomic mass is 10.1. The molecule has 0 spiro atoms. The third kappa shape index (κ3) is 6.38. The molecule has 0 bridgehead atoms. The molecule has 6 nitrogen and oxygen atoms in total. The number of anilines is 1. The summed E-state index contributed by atoms with van der Waals surface area (Å²) in [4.78, 5) is 12.4. The van der Waals surface area contributed by atoms with E-state index in [1.54, 1.807) is 39.8 Å². The SMILES string of the molecule is CC(Oc1ccc(Cl)cc1Cl)C(=O)Nc1ccc(S(=O)(=O)NC(C)(C)C)cc1. The van der Waals surface area contributed by atoms with Crippen molar-refractivity contribution >= 4 is 44.8 Å². The van der Waals surface area contributed by atoms with E-state index in [1.807, 2.05) is 0 Å². The highest BCUT2D eigenvalue weighted by molar-refractivity contribution is 7.89. The van der Waals surface area contributed by atoms with Crippen molar-refractivity contribution in [3.8, 4) is 5.75 Å². The molecule has 2 N–H and O–H groups in total. The lowest BCUT2D eigenvalue weighted by molar-refractivity contribution is -0.122. The molecule has 0 saturated carbocycles. The standard InChI is InChI=1S/C19H22Cl2N2O4S/c1-12(27-17-10-5-13(20)11-16(17)21)18(24)22-14-6-8-15(9-7-14)28(25,26)23-19(2,3)4/h5-12,23H,1-4H3,(H,22,24). The van der Waals surface area contributed by atoms with Crippen LogP contribution in [0.3, 0.4) is 0 Å². The molecule has 0 aliphatic rings. The fourth-order valence-corrected chi connectivity index (χ4v) is 4.11. The molecule has 2 rings (SSSR count). The predicted octanol–water partition coefficient (Wildman–Crippen LogP) is 4.48. The van der Waals surface area contributed by atoms with Gasteiger partial charge in [-0.05, 0) is 70.2 Å². The van der Waals surface area contributed by atoms with Gasteiger partial charge >= 0.3 is 0 Å². The van der Waals surface area contributed by atoms with E-state index >= 15 is 0 Å². The average molecular weight is 445 g/mol. The van der Waals surface area contributed by atoms with Crippen LogP contribution in [0.5, 0.6) is 5.75 Å². The van der Waals surface area contributed by atoms with Crippen molar-refractivity contribution in [2.45, 2.75) is 44.2 Å². The Morgan fingerprint density at radius 3 is 2.21 bits per heavy atom. The van der Waals surface area contributed by atoms with Gasteiger partial charge in [-0.3, -0.25) is 4.79 Å². The first kappa shape index (κ1) is 22.5. The molecule has 28 heavy (non-hydrogen) atoms. The Kier molecular flexibility index (Phi) is 6.98. The van der Waals surface area contributed by atoms with E-state index in [-0.39, 0.29) is 4.90 Å². The Morgan fingerprint density at radius 1 is 1.07 bits per heavy atom. The number of ether oxygens (including phenoxy) is 1. The lowest BCUT2D eigenvalue weighted by Crippen LogP contribution is -2.40. The molecule has 1 unspecified atom stereocenters. The van der Waals surface area contributed by atoms with Crippen LogP contribution < -0.4 is 14.8 Å². The fraction of sp³-hybridized carbons (Fsp3) is 0.316. The zero-order valence-electron chi connectivity index (χ0n) is 15.9. The van der Waals surface area contributed by atoms with Gasteiger partial charge in [-0.15, -0.1) is 0 Å². The van der Waals surface area contributed by atoms with Gasteiger partial charge in [0, 0.05) is 16.2 Å². The second-order valence-electron chi connectivity index (χ2n) is 7.20. The van der Waals surface area contributed by atoms with Crippen molar-refractivity contribution in [1.82, 2.24) is 4.72 Å². The Bertz CT molecular complexity index is 955. The summed E-state index contributed by atoms with van der Waals surface area (Å²) in [5.74, 6) is -0.0714. The van der Waals surface area contributed by atoms with Crippen molar-refractivity contribution in [2.24, 2.45) is 0 Å². The molecule has 2 aromatic rings. The van der Waals surface area contributed by atoms with Gasteiger partial charge in [-0.2, -0.15) is 0 Å². The molecule has 152 valence electrons. The zero-order valence-corrected chi connectivity index (χ0v) is 18.2. The summed E-state index contributed by atoms with van der Waals surface area (Å²) in [7, 11) is -3.64. The van der Waals surface area contributed by atoms with Crippen molar-refractivity contribution in [3.63, 3.8) is 0 Å². The summed E-state index contributed by atoms with van der Waals surface area (Å²) in [5, 5.41) is 3.43. The summed E-state index contributed by atoms with van der Waals surface area (Å²) >= 11 is 11.9. The maximum atomic E-state index is 12.3. The second kappa shape index (κ2) is 8.69. The van der Waals surface area contributed by atoms with Crippen molar-refractivity contribution < 1.29 is 17.9 Å². The molecule has 0 aliphatic heterocycles. The van der Waals surface area contributed by atoms with E-state index in [1.165, 1.54) is 30.3 Å².